The number of hydrogen-bond acceptors (Lipinski definition) is 4. The van der Waals surface area contributed by atoms with Gasteiger partial charge in [-0.05, 0) is 24.8 Å². The van der Waals surface area contributed by atoms with Gasteiger partial charge in [0.2, 0.25) is 5.91 Å². The lowest BCUT2D eigenvalue weighted by molar-refractivity contribution is -0.153. The van der Waals surface area contributed by atoms with Gasteiger partial charge in [-0.15, -0.1) is 0 Å². The number of β-amino-alcohol motifs (C(OH)–C–C–N with tert-alkyl or cyclic N) is 1. The van der Waals surface area contributed by atoms with E-state index in [1.807, 2.05) is 30.3 Å². The Morgan fingerprint density at radius 3 is 2.52 bits per heavy atom. The molecule has 2 atom stereocenters. The van der Waals surface area contributed by atoms with Gasteiger partial charge in [-0.2, -0.15) is 0 Å². The Hall–Kier alpha value is -1.43. The quantitative estimate of drug-likeness (QED) is 0.877. The van der Waals surface area contributed by atoms with Crippen molar-refractivity contribution in [3.8, 4) is 0 Å². The van der Waals surface area contributed by atoms with Gasteiger partial charge in [-0.3, -0.25) is 14.6 Å². The van der Waals surface area contributed by atoms with Crippen molar-refractivity contribution in [2.75, 3.05) is 32.7 Å². The van der Waals surface area contributed by atoms with Crippen molar-refractivity contribution in [2.24, 2.45) is 0 Å². The van der Waals surface area contributed by atoms with E-state index in [0.29, 0.717) is 12.5 Å². The van der Waals surface area contributed by atoms with Crippen molar-refractivity contribution in [3.05, 3.63) is 35.9 Å². The van der Waals surface area contributed by atoms with Crippen molar-refractivity contribution < 1.29 is 9.90 Å². The number of carbonyl (C=O) groups excluding carboxylic acids is 1. The third-order valence-electron chi connectivity index (χ3n) is 7.30. The number of likely N-dealkylation sites (tertiary alicyclic amines) is 1. The van der Waals surface area contributed by atoms with Gasteiger partial charge in [0.15, 0.2) is 0 Å². The number of aliphatic hydroxyl groups excluding tert-OH is 1. The molecule has 0 radical (unpaired) electrons. The van der Waals surface area contributed by atoms with Gasteiger partial charge in [0.25, 0.3) is 0 Å². The maximum absolute atomic E-state index is 13.0. The first-order chi connectivity index (χ1) is 13.1. The molecule has 3 aliphatic heterocycles. The lowest BCUT2D eigenvalue weighted by atomic mass is 9.82. The lowest BCUT2D eigenvalue weighted by Gasteiger charge is -2.62. The molecule has 146 valence electrons. The highest BCUT2D eigenvalue weighted by atomic mass is 16.3. The first-order valence-electron chi connectivity index (χ1n) is 10.6. The largest absolute Gasteiger partial charge is 0.392 e. The topological polar surface area (TPSA) is 47.0 Å². The maximum Gasteiger partial charge on any atom is 0.227 e. The number of amides is 1. The van der Waals surface area contributed by atoms with Crippen molar-refractivity contribution in [2.45, 2.75) is 62.3 Å². The Labute approximate surface area is 161 Å². The van der Waals surface area contributed by atoms with E-state index in [4.69, 9.17) is 0 Å². The summed E-state index contributed by atoms with van der Waals surface area (Å²) in [5, 5.41) is 10.3. The summed E-state index contributed by atoms with van der Waals surface area (Å²) in [5.41, 5.74) is 1.15. The van der Waals surface area contributed by atoms with E-state index in [1.165, 1.54) is 25.7 Å². The number of hydrogen-bond donors (Lipinski definition) is 1. The van der Waals surface area contributed by atoms with Gasteiger partial charge in [0, 0.05) is 44.8 Å². The summed E-state index contributed by atoms with van der Waals surface area (Å²) in [5.74, 6) is 0.237. The van der Waals surface area contributed by atoms with Crippen LogP contribution in [0.25, 0.3) is 0 Å². The average molecular weight is 370 g/mol. The van der Waals surface area contributed by atoms with Gasteiger partial charge in [-0.25, -0.2) is 0 Å². The minimum absolute atomic E-state index is 0.0648. The first kappa shape index (κ1) is 17.7. The van der Waals surface area contributed by atoms with Crippen LogP contribution in [0.4, 0.5) is 0 Å². The van der Waals surface area contributed by atoms with Crippen molar-refractivity contribution in [1.82, 2.24) is 14.7 Å². The molecule has 1 aromatic rings. The van der Waals surface area contributed by atoms with Crippen molar-refractivity contribution in [3.63, 3.8) is 0 Å². The Kier molecular flexibility index (Phi) is 4.49. The Balaban J connectivity index is 1.31. The Bertz CT molecular complexity index is 682. The Morgan fingerprint density at radius 2 is 1.78 bits per heavy atom. The normalized spacial score (nSPS) is 31.2. The highest BCUT2D eigenvalue weighted by molar-refractivity contribution is 5.79. The number of carbonyl (C=O) groups is 1. The highest BCUT2D eigenvalue weighted by Gasteiger charge is 2.57. The standard InChI is InChI=1S/C22H31N3O2/c26-20-11-19-12-23(21(27)10-17-6-2-1-3-7-17)14-22(25(19)13-20)15-24(16-22)18-8-4-5-9-18/h1-3,6-7,18-20,26H,4-5,8-16H2/t19-,20-/m1/s1. The van der Waals surface area contributed by atoms with Crippen molar-refractivity contribution >= 4 is 5.91 Å². The van der Waals surface area contributed by atoms with Crippen LogP contribution in [0.5, 0.6) is 0 Å². The summed E-state index contributed by atoms with van der Waals surface area (Å²) in [7, 11) is 0. The summed E-state index contributed by atoms with van der Waals surface area (Å²) in [6.07, 6.45) is 6.44. The van der Waals surface area contributed by atoms with E-state index in [2.05, 4.69) is 14.7 Å². The molecule has 5 nitrogen and oxygen atoms in total. The molecule has 0 aromatic heterocycles. The Morgan fingerprint density at radius 1 is 1.04 bits per heavy atom. The van der Waals surface area contributed by atoms with E-state index in [0.717, 1.165) is 50.7 Å². The number of aliphatic hydroxyl groups is 1. The molecule has 5 heteroatoms. The zero-order valence-electron chi connectivity index (χ0n) is 16.1. The molecular weight excluding hydrogens is 338 g/mol. The second-order valence-electron chi connectivity index (χ2n) is 9.20. The molecule has 3 saturated heterocycles. The molecule has 1 N–H and O–H groups in total. The van der Waals surface area contributed by atoms with E-state index in [-0.39, 0.29) is 17.6 Å². The molecule has 0 bridgehead atoms. The molecule has 5 rings (SSSR count). The van der Waals surface area contributed by atoms with Gasteiger partial charge < -0.3 is 10.0 Å². The molecular formula is C22H31N3O2. The molecule has 27 heavy (non-hydrogen) atoms. The first-order valence-corrected chi connectivity index (χ1v) is 10.6. The van der Waals surface area contributed by atoms with Crippen LogP contribution in [0, 0.1) is 0 Å². The van der Waals surface area contributed by atoms with Crippen LogP contribution in [-0.4, -0.2) is 82.2 Å². The molecule has 1 spiro atoms. The predicted molar refractivity (Wildman–Crippen MR) is 104 cm³/mol. The molecule has 4 fully saturated rings. The minimum atomic E-state index is -0.239. The number of benzene rings is 1. The number of nitrogens with zero attached hydrogens (tertiary/aromatic N) is 3. The molecule has 4 aliphatic rings. The monoisotopic (exact) mass is 369 g/mol. The summed E-state index contributed by atoms with van der Waals surface area (Å²) >= 11 is 0. The summed E-state index contributed by atoms with van der Waals surface area (Å²) in [6.45, 7) is 4.51. The van der Waals surface area contributed by atoms with Gasteiger partial charge in [-0.1, -0.05) is 43.2 Å². The molecule has 1 amide bonds. The van der Waals surface area contributed by atoms with Crippen LogP contribution >= 0.6 is 0 Å². The fourth-order valence-electron chi connectivity index (χ4n) is 6.00. The third kappa shape index (κ3) is 3.20. The fraction of sp³-hybridized carbons (Fsp3) is 0.682. The van der Waals surface area contributed by atoms with Gasteiger partial charge in [0.1, 0.15) is 0 Å². The van der Waals surface area contributed by atoms with E-state index in [1.54, 1.807) is 0 Å². The van der Waals surface area contributed by atoms with Crippen LogP contribution in [0.3, 0.4) is 0 Å². The zero-order chi connectivity index (χ0) is 18.4. The van der Waals surface area contributed by atoms with Crippen LogP contribution in [0.2, 0.25) is 0 Å². The molecule has 3 heterocycles. The summed E-state index contributed by atoms with van der Waals surface area (Å²) in [6, 6.07) is 11.1. The van der Waals surface area contributed by atoms with E-state index < -0.39 is 0 Å². The second-order valence-corrected chi connectivity index (χ2v) is 9.20. The van der Waals surface area contributed by atoms with Crippen LogP contribution < -0.4 is 0 Å². The number of rotatable bonds is 3. The predicted octanol–water partition coefficient (Wildman–Crippen LogP) is 1.50. The molecule has 1 saturated carbocycles. The second kappa shape index (κ2) is 6.87. The van der Waals surface area contributed by atoms with Crippen LogP contribution in [-0.2, 0) is 11.2 Å². The molecule has 1 aliphatic carbocycles. The smallest absolute Gasteiger partial charge is 0.227 e. The van der Waals surface area contributed by atoms with Crippen LogP contribution in [0.15, 0.2) is 30.3 Å². The van der Waals surface area contributed by atoms with E-state index in [9.17, 15) is 9.90 Å². The van der Waals surface area contributed by atoms with Crippen LogP contribution in [0.1, 0.15) is 37.7 Å². The SMILES string of the molecule is O=C(Cc1ccccc1)N1C[C@H]2C[C@@H](O)CN2C2(C1)CN(C1CCCC1)C2. The minimum Gasteiger partial charge on any atom is -0.392 e. The van der Waals surface area contributed by atoms with Gasteiger partial charge in [0.05, 0.1) is 18.1 Å². The molecule has 0 unspecified atom stereocenters. The highest BCUT2D eigenvalue weighted by Crippen LogP contribution is 2.41. The maximum atomic E-state index is 13.0. The summed E-state index contributed by atoms with van der Waals surface area (Å²) in [4.78, 5) is 20.3. The van der Waals surface area contributed by atoms with Gasteiger partial charge >= 0.3 is 0 Å². The third-order valence-corrected chi connectivity index (χ3v) is 7.30. The fourth-order valence-corrected chi connectivity index (χ4v) is 6.00. The summed E-state index contributed by atoms with van der Waals surface area (Å²) < 4.78 is 0. The number of fused-ring (bicyclic) bond motifs is 2. The lowest BCUT2D eigenvalue weighted by Crippen LogP contribution is -2.79. The number of piperazine rings is 1. The molecule has 1 aromatic carbocycles. The average Bonchev–Trinajstić information content (AvgIpc) is 3.28. The van der Waals surface area contributed by atoms with Crippen molar-refractivity contribution in [1.29, 1.82) is 0 Å². The zero-order valence-corrected chi connectivity index (χ0v) is 16.1. The van der Waals surface area contributed by atoms with E-state index >= 15 is 0 Å².